The number of carbonyl (C=O) groups excluding carboxylic acids is 1. The molecule has 0 fully saturated rings. The Kier molecular flexibility index (Phi) is 10.1. The van der Waals surface area contributed by atoms with Gasteiger partial charge < -0.3 is 19.5 Å². The van der Waals surface area contributed by atoms with E-state index in [1.54, 1.807) is 23.9 Å². The van der Waals surface area contributed by atoms with Crippen molar-refractivity contribution in [3.8, 4) is 0 Å². The van der Waals surface area contributed by atoms with E-state index < -0.39 is 5.97 Å². The molecule has 0 aliphatic carbocycles. The first-order chi connectivity index (χ1) is 11.6. The van der Waals surface area contributed by atoms with Crippen molar-refractivity contribution in [1.82, 2.24) is 4.90 Å². The third kappa shape index (κ3) is 7.81. The zero-order chi connectivity index (χ0) is 17.8. The normalized spacial score (nSPS) is 10.6. The molecule has 0 bridgehead atoms. The van der Waals surface area contributed by atoms with Crippen LogP contribution in [0.1, 0.15) is 23.7 Å². The number of ether oxygens (including phenoxy) is 2. The Hall–Kier alpha value is -1.57. The second-order valence-corrected chi connectivity index (χ2v) is 5.85. The van der Waals surface area contributed by atoms with E-state index in [4.69, 9.17) is 14.6 Å². The van der Waals surface area contributed by atoms with Crippen LogP contribution in [0.4, 0.5) is 0 Å². The van der Waals surface area contributed by atoms with Crippen molar-refractivity contribution in [3.63, 3.8) is 0 Å². The van der Waals surface area contributed by atoms with E-state index in [-0.39, 0.29) is 18.9 Å². The Morgan fingerprint density at radius 2 is 1.75 bits per heavy atom. The second kappa shape index (κ2) is 11.9. The minimum absolute atomic E-state index is 0.0897. The molecule has 0 spiro atoms. The van der Waals surface area contributed by atoms with Gasteiger partial charge in [-0.1, -0.05) is 0 Å². The molecule has 1 rings (SSSR count). The van der Waals surface area contributed by atoms with Gasteiger partial charge in [0.25, 0.3) is 5.91 Å². The van der Waals surface area contributed by atoms with Crippen LogP contribution in [-0.2, 0) is 14.3 Å². The Morgan fingerprint density at radius 3 is 2.33 bits per heavy atom. The number of carbonyl (C=O) groups is 2. The molecule has 24 heavy (non-hydrogen) atoms. The lowest BCUT2D eigenvalue weighted by Crippen LogP contribution is -2.36. The van der Waals surface area contributed by atoms with E-state index >= 15 is 0 Å². The van der Waals surface area contributed by atoms with Crippen LogP contribution in [0, 0.1) is 0 Å². The first kappa shape index (κ1) is 20.5. The Balaban J connectivity index is 2.58. The van der Waals surface area contributed by atoms with Crippen molar-refractivity contribution in [2.45, 2.75) is 18.2 Å². The average Bonchev–Trinajstić information content (AvgIpc) is 2.59. The Morgan fingerprint density at radius 1 is 1.08 bits per heavy atom. The zero-order valence-corrected chi connectivity index (χ0v) is 15.0. The fraction of sp³-hybridized carbons (Fsp3) is 0.529. The van der Waals surface area contributed by atoms with E-state index in [1.165, 1.54) is 4.90 Å². The van der Waals surface area contributed by atoms with E-state index in [0.717, 1.165) is 4.90 Å². The van der Waals surface area contributed by atoms with Crippen molar-refractivity contribution in [1.29, 1.82) is 0 Å². The summed E-state index contributed by atoms with van der Waals surface area (Å²) < 4.78 is 10.6. The highest BCUT2D eigenvalue weighted by atomic mass is 32.2. The largest absolute Gasteiger partial charge is 0.481 e. The highest BCUT2D eigenvalue weighted by Crippen LogP contribution is 2.16. The fourth-order valence-electron chi connectivity index (χ4n) is 2.00. The van der Waals surface area contributed by atoms with Crippen molar-refractivity contribution in [2.24, 2.45) is 0 Å². The summed E-state index contributed by atoms with van der Waals surface area (Å²) in [5.41, 5.74) is 0.549. The van der Waals surface area contributed by atoms with E-state index in [9.17, 15) is 9.59 Å². The van der Waals surface area contributed by atoms with Crippen LogP contribution in [0.25, 0.3) is 0 Å². The lowest BCUT2D eigenvalue weighted by atomic mass is 10.2. The van der Waals surface area contributed by atoms with Crippen LogP contribution >= 0.6 is 11.8 Å². The summed E-state index contributed by atoms with van der Waals surface area (Å²) in [6, 6.07) is 7.29. The van der Waals surface area contributed by atoms with Crippen LogP contribution in [-0.4, -0.2) is 67.7 Å². The Bertz CT molecular complexity index is 506. The van der Waals surface area contributed by atoms with Crippen LogP contribution in [0.2, 0.25) is 0 Å². The maximum Gasteiger partial charge on any atom is 0.305 e. The molecule has 0 aromatic heterocycles. The lowest BCUT2D eigenvalue weighted by molar-refractivity contribution is -0.137. The number of aliphatic carboxylic acids is 1. The predicted octanol–water partition coefficient (Wildman–Crippen LogP) is 2.38. The van der Waals surface area contributed by atoms with Gasteiger partial charge in [-0.3, -0.25) is 9.59 Å². The van der Waals surface area contributed by atoms with Gasteiger partial charge in [-0.25, -0.2) is 0 Å². The van der Waals surface area contributed by atoms with Gasteiger partial charge in [-0.15, -0.1) is 11.8 Å². The van der Waals surface area contributed by atoms with Crippen LogP contribution in [0.3, 0.4) is 0 Å². The minimum atomic E-state index is -0.928. The summed E-state index contributed by atoms with van der Waals surface area (Å²) in [6.07, 6.45) is 1.88. The van der Waals surface area contributed by atoms with Crippen LogP contribution in [0.5, 0.6) is 0 Å². The number of rotatable bonds is 12. The van der Waals surface area contributed by atoms with Crippen molar-refractivity contribution in [3.05, 3.63) is 29.8 Å². The molecule has 1 N–H and O–H groups in total. The summed E-state index contributed by atoms with van der Waals surface area (Å²) in [7, 11) is 0. The van der Waals surface area contributed by atoms with Gasteiger partial charge in [0.05, 0.1) is 26.2 Å². The molecule has 1 amide bonds. The van der Waals surface area contributed by atoms with Crippen LogP contribution in [0.15, 0.2) is 29.2 Å². The molecule has 134 valence electrons. The third-order valence-electron chi connectivity index (χ3n) is 3.30. The average molecular weight is 355 g/mol. The monoisotopic (exact) mass is 355 g/mol. The number of carboxylic acid groups (broad SMARTS) is 1. The minimum Gasteiger partial charge on any atom is -0.481 e. The van der Waals surface area contributed by atoms with Crippen molar-refractivity contribution in [2.75, 3.05) is 45.8 Å². The molecule has 0 saturated carbocycles. The first-order valence-electron chi connectivity index (χ1n) is 7.89. The summed E-state index contributed by atoms with van der Waals surface area (Å²) in [5.74, 6) is -1.11. The number of amides is 1. The molecule has 0 saturated heterocycles. The molecule has 0 aliphatic rings. The number of thioether (sulfide) groups is 1. The summed E-state index contributed by atoms with van der Waals surface area (Å²) in [4.78, 5) is 26.0. The molecule has 7 heteroatoms. The molecule has 0 aliphatic heterocycles. The van der Waals surface area contributed by atoms with Crippen molar-refractivity contribution < 1.29 is 24.2 Å². The maximum absolute atomic E-state index is 12.6. The van der Waals surface area contributed by atoms with Gasteiger partial charge in [-0.05, 0) is 37.4 Å². The zero-order valence-electron chi connectivity index (χ0n) is 14.2. The SMILES string of the molecule is CCOCCOCCN(CCC(=O)O)C(=O)c1ccc(SC)cc1. The van der Waals surface area contributed by atoms with Crippen LogP contribution < -0.4 is 0 Å². The molecule has 1 aromatic rings. The maximum atomic E-state index is 12.6. The molecule has 0 unspecified atom stereocenters. The number of nitrogens with zero attached hydrogens (tertiary/aromatic N) is 1. The lowest BCUT2D eigenvalue weighted by Gasteiger charge is -2.22. The van der Waals surface area contributed by atoms with Gasteiger partial charge in [0, 0.05) is 30.2 Å². The number of benzene rings is 1. The van der Waals surface area contributed by atoms with Gasteiger partial charge in [-0.2, -0.15) is 0 Å². The third-order valence-corrected chi connectivity index (χ3v) is 4.05. The molecule has 0 heterocycles. The smallest absolute Gasteiger partial charge is 0.305 e. The quantitative estimate of drug-likeness (QED) is 0.458. The molecular formula is C17H25NO5S. The number of carboxylic acids is 1. The first-order valence-corrected chi connectivity index (χ1v) is 9.11. The fourth-order valence-corrected chi connectivity index (χ4v) is 2.41. The molecule has 0 radical (unpaired) electrons. The molecule has 1 aromatic carbocycles. The topological polar surface area (TPSA) is 76.1 Å². The summed E-state index contributed by atoms with van der Waals surface area (Å²) in [5, 5.41) is 8.86. The summed E-state index contributed by atoms with van der Waals surface area (Å²) >= 11 is 1.60. The molecule has 6 nitrogen and oxygen atoms in total. The predicted molar refractivity (Wildman–Crippen MR) is 93.7 cm³/mol. The number of hydrogen-bond donors (Lipinski definition) is 1. The Labute approximate surface area is 147 Å². The second-order valence-electron chi connectivity index (χ2n) is 4.97. The highest BCUT2D eigenvalue weighted by Gasteiger charge is 2.16. The van der Waals surface area contributed by atoms with Gasteiger partial charge in [0.2, 0.25) is 0 Å². The van der Waals surface area contributed by atoms with Gasteiger partial charge in [0.1, 0.15) is 0 Å². The highest BCUT2D eigenvalue weighted by molar-refractivity contribution is 7.98. The molecule has 0 atom stereocenters. The molecular weight excluding hydrogens is 330 g/mol. The van der Waals surface area contributed by atoms with E-state index in [0.29, 0.717) is 38.5 Å². The standard InChI is InChI=1S/C17H25NO5S/c1-3-22-12-13-23-11-10-18(9-8-16(19)20)17(21)14-4-6-15(24-2)7-5-14/h4-7H,3,8-13H2,1-2H3,(H,19,20). The van der Waals surface area contributed by atoms with Crippen molar-refractivity contribution >= 4 is 23.6 Å². The van der Waals surface area contributed by atoms with E-state index in [1.807, 2.05) is 25.3 Å². The van der Waals surface area contributed by atoms with Gasteiger partial charge in [0.15, 0.2) is 0 Å². The summed E-state index contributed by atoms with van der Waals surface area (Å²) in [6.45, 7) is 4.37. The van der Waals surface area contributed by atoms with E-state index in [2.05, 4.69) is 0 Å². The number of hydrogen-bond acceptors (Lipinski definition) is 5. The van der Waals surface area contributed by atoms with Gasteiger partial charge >= 0.3 is 5.97 Å².